The van der Waals surface area contributed by atoms with Crippen molar-refractivity contribution < 1.29 is 19.5 Å². The van der Waals surface area contributed by atoms with Crippen LogP contribution in [0.3, 0.4) is 0 Å². The first-order valence-electron chi connectivity index (χ1n) is 5.50. The van der Waals surface area contributed by atoms with Gasteiger partial charge < -0.3 is 20.6 Å². The lowest BCUT2D eigenvalue weighted by Gasteiger charge is -2.34. The smallest absolute Gasteiger partial charge is 0.305 e. The standard InChI is InChI=1S/C10H17N3O4/c1-11-3-2-8(14)13-5-4-12-10(17)7(13)6-9(15)16/h7,11H,2-6H2,1H3,(H,12,17)(H,15,16). The van der Waals surface area contributed by atoms with Gasteiger partial charge in [0.05, 0.1) is 6.42 Å². The molecule has 1 unspecified atom stereocenters. The minimum absolute atomic E-state index is 0.194. The molecule has 0 saturated carbocycles. The lowest BCUT2D eigenvalue weighted by molar-refractivity contribution is -0.148. The number of carboxylic acid groups (broad SMARTS) is 1. The Morgan fingerprint density at radius 1 is 1.59 bits per heavy atom. The maximum absolute atomic E-state index is 11.8. The number of nitrogens with one attached hydrogen (secondary N) is 2. The van der Waals surface area contributed by atoms with E-state index < -0.39 is 17.9 Å². The zero-order chi connectivity index (χ0) is 12.8. The zero-order valence-electron chi connectivity index (χ0n) is 9.73. The number of carbonyl (C=O) groups is 3. The van der Waals surface area contributed by atoms with E-state index in [4.69, 9.17) is 5.11 Å². The van der Waals surface area contributed by atoms with E-state index in [1.807, 2.05) is 0 Å². The van der Waals surface area contributed by atoms with E-state index in [-0.39, 0.29) is 18.7 Å². The number of amides is 2. The average molecular weight is 243 g/mol. The molecule has 1 aliphatic rings. The summed E-state index contributed by atoms with van der Waals surface area (Å²) in [6.45, 7) is 1.25. The Kier molecular flexibility index (Phi) is 4.89. The fourth-order valence-corrected chi connectivity index (χ4v) is 1.76. The third kappa shape index (κ3) is 3.70. The summed E-state index contributed by atoms with van der Waals surface area (Å²) in [6, 6.07) is -0.884. The first kappa shape index (κ1) is 13.4. The summed E-state index contributed by atoms with van der Waals surface area (Å²) in [5.41, 5.74) is 0. The van der Waals surface area contributed by atoms with E-state index in [9.17, 15) is 14.4 Å². The summed E-state index contributed by atoms with van der Waals surface area (Å²) in [4.78, 5) is 35.4. The maximum atomic E-state index is 11.8. The molecule has 1 saturated heterocycles. The van der Waals surface area contributed by atoms with Crippen LogP contribution in [0.2, 0.25) is 0 Å². The molecule has 1 atom stereocenters. The first-order chi connectivity index (χ1) is 8.06. The number of aliphatic carboxylic acids is 1. The topological polar surface area (TPSA) is 98.7 Å². The quantitative estimate of drug-likeness (QED) is 0.540. The molecule has 96 valence electrons. The number of rotatable bonds is 5. The van der Waals surface area contributed by atoms with Crippen molar-refractivity contribution in [3.05, 3.63) is 0 Å². The third-order valence-corrected chi connectivity index (χ3v) is 2.61. The molecule has 17 heavy (non-hydrogen) atoms. The summed E-state index contributed by atoms with van der Waals surface area (Å²) < 4.78 is 0. The Hall–Kier alpha value is -1.63. The molecular weight excluding hydrogens is 226 g/mol. The summed E-state index contributed by atoms with van der Waals surface area (Å²) in [5.74, 6) is -1.67. The highest BCUT2D eigenvalue weighted by molar-refractivity contribution is 5.91. The molecule has 2 amide bonds. The summed E-state index contributed by atoms with van der Waals surface area (Å²) >= 11 is 0. The second-order valence-electron chi connectivity index (χ2n) is 3.85. The van der Waals surface area contributed by atoms with Gasteiger partial charge in [0.25, 0.3) is 0 Å². The van der Waals surface area contributed by atoms with Crippen molar-refractivity contribution >= 4 is 17.8 Å². The van der Waals surface area contributed by atoms with Gasteiger partial charge in [0.15, 0.2) is 0 Å². The van der Waals surface area contributed by atoms with Crippen LogP contribution in [0, 0.1) is 0 Å². The van der Waals surface area contributed by atoms with Crippen LogP contribution in [0.15, 0.2) is 0 Å². The molecule has 7 nitrogen and oxygen atoms in total. The second-order valence-corrected chi connectivity index (χ2v) is 3.85. The van der Waals surface area contributed by atoms with Crippen LogP contribution in [-0.2, 0) is 14.4 Å². The highest BCUT2D eigenvalue weighted by atomic mass is 16.4. The molecule has 1 fully saturated rings. The minimum atomic E-state index is -1.08. The number of piperazine rings is 1. The van der Waals surface area contributed by atoms with Crippen LogP contribution in [0.4, 0.5) is 0 Å². The molecule has 1 aliphatic heterocycles. The van der Waals surface area contributed by atoms with Crippen LogP contribution in [0.25, 0.3) is 0 Å². The van der Waals surface area contributed by atoms with Gasteiger partial charge in [-0.3, -0.25) is 14.4 Å². The Bertz CT molecular complexity index is 319. The van der Waals surface area contributed by atoms with E-state index in [0.29, 0.717) is 19.6 Å². The van der Waals surface area contributed by atoms with Crippen molar-refractivity contribution in [1.82, 2.24) is 15.5 Å². The molecule has 0 aliphatic carbocycles. The summed E-state index contributed by atoms with van der Waals surface area (Å²) in [6.07, 6.45) is -0.0863. The van der Waals surface area contributed by atoms with Crippen LogP contribution in [0.5, 0.6) is 0 Å². The number of nitrogens with zero attached hydrogens (tertiary/aromatic N) is 1. The molecular formula is C10H17N3O4. The van der Waals surface area contributed by atoms with Gasteiger partial charge in [-0.2, -0.15) is 0 Å². The fraction of sp³-hybridized carbons (Fsp3) is 0.700. The molecule has 1 heterocycles. The van der Waals surface area contributed by atoms with E-state index >= 15 is 0 Å². The van der Waals surface area contributed by atoms with Gasteiger partial charge in [0.1, 0.15) is 6.04 Å². The summed E-state index contributed by atoms with van der Waals surface area (Å²) in [5, 5.41) is 14.1. The van der Waals surface area contributed by atoms with E-state index in [2.05, 4.69) is 10.6 Å². The van der Waals surface area contributed by atoms with Gasteiger partial charge in [-0.25, -0.2) is 0 Å². The number of hydrogen-bond donors (Lipinski definition) is 3. The molecule has 0 bridgehead atoms. The second kappa shape index (κ2) is 6.19. The molecule has 0 aromatic carbocycles. The van der Waals surface area contributed by atoms with Gasteiger partial charge in [-0.05, 0) is 7.05 Å². The maximum Gasteiger partial charge on any atom is 0.305 e. The lowest BCUT2D eigenvalue weighted by Crippen LogP contribution is -2.58. The van der Waals surface area contributed by atoms with E-state index in [0.717, 1.165) is 0 Å². The minimum Gasteiger partial charge on any atom is -0.481 e. The van der Waals surface area contributed by atoms with Crippen molar-refractivity contribution in [1.29, 1.82) is 0 Å². The van der Waals surface area contributed by atoms with Gasteiger partial charge in [-0.1, -0.05) is 0 Å². The highest BCUT2D eigenvalue weighted by Gasteiger charge is 2.34. The molecule has 1 rings (SSSR count). The molecule has 0 aromatic heterocycles. The zero-order valence-corrected chi connectivity index (χ0v) is 9.73. The number of carbonyl (C=O) groups excluding carboxylic acids is 2. The van der Waals surface area contributed by atoms with Crippen molar-refractivity contribution in [3.63, 3.8) is 0 Å². The van der Waals surface area contributed by atoms with Crippen molar-refractivity contribution in [2.24, 2.45) is 0 Å². The van der Waals surface area contributed by atoms with Crippen LogP contribution >= 0.6 is 0 Å². The molecule has 7 heteroatoms. The lowest BCUT2D eigenvalue weighted by atomic mass is 10.1. The largest absolute Gasteiger partial charge is 0.481 e. The van der Waals surface area contributed by atoms with E-state index in [1.165, 1.54) is 4.90 Å². The highest BCUT2D eigenvalue weighted by Crippen LogP contribution is 2.10. The van der Waals surface area contributed by atoms with Gasteiger partial charge >= 0.3 is 5.97 Å². The van der Waals surface area contributed by atoms with Crippen molar-refractivity contribution in [2.75, 3.05) is 26.7 Å². The summed E-state index contributed by atoms with van der Waals surface area (Å²) in [7, 11) is 1.73. The van der Waals surface area contributed by atoms with Crippen molar-refractivity contribution in [2.45, 2.75) is 18.9 Å². The fourth-order valence-electron chi connectivity index (χ4n) is 1.76. The number of hydrogen-bond acceptors (Lipinski definition) is 4. The van der Waals surface area contributed by atoms with E-state index in [1.54, 1.807) is 7.05 Å². The number of carboxylic acids is 1. The monoisotopic (exact) mass is 243 g/mol. The Labute approximate surface area is 99.2 Å². The molecule has 3 N–H and O–H groups in total. The normalized spacial score (nSPS) is 19.9. The van der Waals surface area contributed by atoms with Gasteiger partial charge in [-0.15, -0.1) is 0 Å². The average Bonchev–Trinajstić information content (AvgIpc) is 2.28. The Morgan fingerprint density at radius 3 is 2.88 bits per heavy atom. The predicted octanol–water partition coefficient (Wildman–Crippen LogP) is -1.60. The SMILES string of the molecule is CNCCC(=O)N1CCNC(=O)C1CC(=O)O. The Balaban J connectivity index is 2.67. The predicted molar refractivity (Wildman–Crippen MR) is 59.3 cm³/mol. The third-order valence-electron chi connectivity index (χ3n) is 2.61. The van der Waals surface area contributed by atoms with Crippen LogP contribution in [0.1, 0.15) is 12.8 Å². The Morgan fingerprint density at radius 2 is 2.29 bits per heavy atom. The molecule has 0 aromatic rings. The molecule has 0 spiro atoms. The van der Waals surface area contributed by atoms with Crippen molar-refractivity contribution in [3.8, 4) is 0 Å². The van der Waals surface area contributed by atoms with Crippen LogP contribution in [-0.4, -0.2) is 60.5 Å². The first-order valence-corrected chi connectivity index (χ1v) is 5.50. The molecule has 0 radical (unpaired) electrons. The van der Waals surface area contributed by atoms with Gasteiger partial charge in [0, 0.05) is 26.1 Å². The van der Waals surface area contributed by atoms with Gasteiger partial charge in [0.2, 0.25) is 11.8 Å². The van der Waals surface area contributed by atoms with Crippen LogP contribution < -0.4 is 10.6 Å².